The summed E-state index contributed by atoms with van der Waals surface area (Å²) in [6.07, 6.45) is 6.37. The first-order valence-electron chi connectivity index (χ1n) is 5.52. The van der Waals surface area contributed by atoms with Gasteiger partial charge in [-0.2, -0.15) is 0 Å². The van der Waals surface area contributed by atoms with Crippen LogP contribution in [0.25, 0.3) is 0 Å². The van der Waals surface area contributed by atoms with Gasteiger partial charge in [0.25, 0.3) is 0 Å². The summed E-state index contributed by atoms with van der Waals surface area (Å²) in [6.45, 7) is 2.18. The summed E-state index contributed by atoms with van der Waals surface area (Å²) in [6, 6.07) is 4.37. The van der Waals surface area contributed by atoms with Gasteiger partial charge in [0, 0.05) is 16.2 Å². The molecule has 1 aromatic heterocycles. The Kier molecular flexibility index (Phi) is 2.93. The number of hydrogen-bond acceptors (Lipinski definition) is 2. The minimum Gasteiger partial charge on any atom is -0.390 e. The Balaban J connectivity index is 2.02. The molecule has 0 spiro atoms. The molecule has 0 unspecified atom stereocenters. The van der Waals surface area contributed by atoms with Crippen molar-refractivity contribution in [3.8, 4) is 0 Å². The van der Waals surface area contributed by atoms with Crippen LogP contribution in [-0.2, 0) is 12.8 Å². The first-order valence-corrected chi connectivity index (χ1v) is 6.33. The van der Waals surface area contributed by atoms with Crippen molar-refractivity contribution in [1.29, 1.82) is 0 Å². The van der Waals surface area contributed by atoms with Gasteiger partial charge in [-0.1, -0.05) is 19.8 Å². The number of aryl methyl sites for hydroxylation is 1. The van der Waals surface area contributed by atoms with Gasteiger partial charge in [-0.3, -0.25) is 0 Å². The van der Waals surface area contributed by atoms with Crippen LogP contribution >= 0.6 is 11.3 Å². The fourth-order valence-corrected chi connectivity index (χ4v) is 3.34. The Morgan fingerprint density at radius 2 is 1.93 bits per heavy atom. The minimum atomic E-state index is -0.379. The van der Waals surface area contributed by atoms with E-state index in [9.17, 15) is 5.11 Å². The molecule has 78 valence electrons. The highest BCUT2D eigenvalue weighted by molar-refractivity contribution is 7.12. The van der Waals surface area contributed by atoms with E-state index in [1.807, 2.05) is 11.3 Å². The van der Waals surface area contributed by atoms with Gasteiger partial charge in [-0.15, -0.1) is 11.3 Å². The summed E-state index contributed by atoms with van der Waals surface area (Å²) in [7, 11) is 0. The SMILES string of the molecule is CCc1ccc(CC2(O)CCCC2)s1. The highest BCUT2D eigenvalue weighted by Gasteiger charge is 2.31. The lowest BCUT2D eigenvalue weighted by Gasteiger charge is -2.20. The molecule has 1 aliphatic carbocycles. The van der Waals surface area contributed by atoms with Crippen molar-refractivity contribution in [1.82, 2.24) is 0 Å². The normalized spacial score (nSPS) is 20.1. The molecule has 0 atom stereocenters. The molecule has 0 aromatic carbocycles. The molecular formula is C12H18OS. The van der Waals surface area contributed by atoms with Crippen LogP contribution in [0, 0.1) is 0 Å². The molecular weight excluding hydrogens is 192 g/mol. The zero-order chi connectivity index (χ0) is 10.0. The van der Waals surface area contributed by atoms with Gasteiger partial charge in [-0.25, -0.2) is 0 Å². The number of thiophene rings is 1. The van der Waals surface area contributed by atoms with E-state index >= 15 is 0 Å². The van der Waals surface area contributed by atoms with E-state index in [0.29, 0.717) is 0 Å². The van der Waals surface area contributed by atoms with Crippen molar-refractivity contribution in [3.05, 3.63) is 21.9 Å². The van der Waals surface area contributed by atoms with E-state index in [-0.39, 0.29) is 5.60 Å². The van der Waals surface area contributed by atoms with Gasteiger partial charge in [0.05, 0.1) is 5.60 Å². The predicted molar refractivity (Wildman–Crippen MR) is 60.8 cm³/mol. The average molecular weight is 210 g/mol. The van der Waals surface area contributed by atoms with Crippen LogP contribution in [-0.4, -0.2) is 10.7 Å². The van der Waals surface area contributed by atoms with Gasteiger partial charge in [0.15, 0.2) is 0 Å². The molecule has 2 rings (SSSR count). The summed E-state index contributed by atoms with van der Waals surface area (Å²) in [5.74, 6) is 0. The highest BCUT2D eigenvalue weighted by atomic mass is 32.1. The van der Waals surface area contributed by atoms with Gasteiger partial charge in [-0.05, 0) is 31.4 Å². The molecule has 1 nitrogen and oxygen atoms in total. The van der Waals surface area contributed by atoms with Crippen LogP contribution in [0.1, 0.15) is 42.4 Å². The third-order valence-electron chi connectivity index (χ3n) is 3.10. The van der Waals surface area contributed by atoms with Crippen molar-refractivity contribution >= 4 is 11.3 Å². The molecule has 1 saturated carbocycles. The van der Waals surface area contributed by atoms with E-state index in [1.54, 1.807) is 0 Å². The number of rotatable bonds is 3. The van der Waals surface area contributed by atoms with E-state index < -0.39 is 0 Å². The zero-order valence-electron chi connectivity index (χ0n) is 8.75. The van der Waals surface area contributed by atoms with Crippen LogP contribution in [0.5, 0.6) is 0 Å². The molecule has 2 heteroatoms. The summed E-state index contributed by atoms with van der Waals surface area (Å²) < 4.78 is 0. The smallest absolute Gasteiger partial charge is 0.0695 e. The maximum atomic E-state index is 10.2. The van der Waals surface area contributed by atoms with E-state index in [1.165, 1.54) is 22.6 Å². The number of hydrogen-bond donors (Lipinski definition) is 1. The van der Waals surface area contributed by atoms with Crippen LogP contribution in [0.15, 0.2) is 12.1 Å². The molecule has 0 amide bonds. The van der Waals surface area contributed by atoms with Gasteiger partial charge < -0.3 is 5.11 Å². The van der Waals surface area contributed by atoms with Gasteiger partial charge in [0.2, 0.25) is 0 Å². The largest absolute Gasteiger partial charge is 0.390 e. The average Bonchev–Trinajstić information content (AvgIpc) is 2.75. The Labute approximate surface area is 89.8 Å². The zero-order valence-corrected chi connectivity index (χ0v) is 9.57. The van der Waals surface area contributed by atoms with E-state index in [0.717, 1.165) is 25.7 Å². The monoisotopic (exact) mass is 210 g/mol. The fourth-order valence-electron chi connectivity index (χ4n) is 2.24. The molecule has 14 heavy (non-hydrogen) atoms. The lowest BCUT2D eigenvalue weighted by atomic mass is 9.97. The summed E-state index contributed by atoms with van der Waals surface area (Å²) in [5, 5.41) is 10.2. The third kappa shape index (κ3) is 2.18. The third-order valence-corrected chi connectivity index (χ3v) is 4.33. The van der Waals surface area contributed by atoms with Crippen molar-refractivity contribution in [2.45, 2.75) is 51.0 Å². The molecule has 1 heterocycles. The fraction of sp³-hybridized carbons (Fsp3) is 0.667. The second-order valence-electron chi connectivity index (χ2n) is 4.33. The van der Waals surface area contributed by atoms with Gasteiger partial charge >= 0.3 is 0 Å². The lowest BCUT2D eigenvalue weighted by molar-refractivity contribution is 0.0490. The Morgan fingerprint density at radius 3 is 2.50 bits per heavy atom. The minimum absolute atomic E-state index is 0.379. The molecule has 0 bridgehead atoms. The molecule has 0 radical (unpaired) electrons. The summed E-state index contributed by atoms with van der Waals surface area (Å²) in [5.41, 5.74) is -0.379. The predicted octanol–water partition coefficient (Wildman–Crippen LogP) is 3.16. The Morgan fingerprint density at radius 1 is 1.29 bits per heavy atom. The van der Waals surface area contributed by atoms with Crippen LogP contribution in [0.2, 0.25) is 0 Å². The number of aliphatic hydroxyl groups is 1. The van der Waals surface area contributed by atoms with Crippen molar-refractivity contribution in [2.24, 2.45) is 0 Å². The quantitative estimate of drug-likeness (QED) is 0.812. The maximum absolute atomic E-state index is 10.2. The van der Waals surface area contributed by atoms with E-state index in [2.05, 4.69) is 19.1 Å². The first-order chi connectivity index (χ1) is 6.72. The second-order valence-corrected chi connectivity index (χ2v) is 5.58. The van der Waals surface area contributed by atoms with Gasteiger partial charge in [0.1, 0.15) is 0 Å². The van der Waals surface area contributed by atoms with Crippen LogP contribution in [0.4, 0.5) is 0 Å². The van der Waals surface area contributed by atoms with Crippen LogP contribution < -0.4 is 0 Å². The molecule has 0 aliphatic heterocycles. The molecule has 1 aromatic rings. The molecule has 1 aliphatic rings. The topological polar surface area (TPSA) is 20.2 Å². The summed E-state index contributed by atoms with van der Waals surface area (Å²) >= 11 is 1.86. The Hall–Kier alpha value is -0.340. The standard InChI is InChI=1S/C12H18OS/c1-2-10-5-6-11(14-10)9-12(13)7-3-4-8-12/h5-6,13H,2-4,7-9H2,1H3. The maximum Gasteiger partial charge on any atom is 0.0695 e. The molecule has 1 fully saturated rings. The molecule has 0 saturated heterocycles. The van der Waals surface area contributed by atoms with Crippen molar-refractivity contribution in [2.75, 3.05) is 0 Å². The van der Waals surface area contributed by atoms with Crippen LogP contribution in [0.3, 0.4) is 0 Å². The second kappa shape index (κ2) is 4.03. The van der Waals surface area contributed by atoms with Crippen molar-refractivity contribution in [3.63, 3.8) is 0 Å². The molecule has 1 N–H and O–H groups in total. The van der Waals surface area contributed by atoms with E-state index in [4.69, 9.17) is 0 Å². The lowest BCUT2D eigenvalue weighted by Crippen LogP contribution is -2.26. The summed E-state index contributed by atoms with van der Waals surface area (Å²) in [4.78, 5) is 2.79. The van der Waals surface area contributed by atoms with Crippen molar-refractivity contribution < 1.29 is 5.11 Å². The first kappa shape index (κ1) is 10.2. The Bertz CT molecular complexity index is 297. The highest BCUT2D eigenvalue weighted by Crippen LogP contribution is 2.34.